The van der Waals surface area contributed by atoms with Gasteiger partial charge in [-0.05, 0) is 0 Å². The molecule has 1 aliphatic heterocycles. The van der Waals surface area contributed by atoms with Gasteiger partial charge in [-0.15, -0.1) is 0 Å². The average molecular weight is 356 g/mol. The van der Waals surface area contributed by atoms with Crippen molar-refractivity contribution in [3.8, 4) is 0 Å². The van der Waals surface area contributed by atoms with Crippen LogP contribution >= 0.6 is 0 Å². The second-order valence-corrected chi connectivity index (χ2v) is 4.41. The van der Waals surface area contributed by atoms with Crippen LogP contribution in [0.3, 0.4) is 0 Å². The van der Waals surface area contributed by atoms with Crippen LogP contribution in [0.4, 0.5) is 0 Å². The summed E-state index contributed by atoms with van der Waals surface area (Å²) in [6.07, 6.45) is 3.36. The van der Waals surface area contributed by atoms with Crippen molar-refractivity contribution in [2.45, 2.75) is 12.8 Å². The summed E-state index contributed by atoms with van der Waals surface area (Å²) >= 11 is 0. The van der Waals surface area contributed by atoms with Crippen molar-refractivity contribution < 1.29 is 44.1 Å². The highest BCUT2D eigenvalue weighted by Gasteiger charge is 2.23. The van der Waals surface area contributed by atoms with Gasteiger partial charge < -0.3 is 20.6 Å². The molecule has 25 heavy (non-hydrogen) atoms. The number of carboxylic acids is 3. The Morgan fingerprint density at radius 1 is 0.920 bits per heavy atom. The molecule has 0 unspecified atom stereocenters. The zero-order valence-electron chi connectivity index (χ0n) is 12.9. The van der Waals surface area contributed by atoms with Crippen LogP contribution in [0.15, 0.2) is 24.3 Å². The quantitative estimate of drug-likeness (QED) is 0.301. The van der Waals surface area contributed by atoms with Crippen molar-refractivity contribution in [2.24, 2.45) is 0 Å². The van der Waals surface area contributed by atoms with E-state index in [2.05, 4.69) is 5.32 Å². The van der Waals surface area contributed by atoms with Crippen LogP contribution in [0, 0.1) is 0 Å². The van der Waals surface area contributed by atoms with Gasteiger partial charge in [-0.25, -0.2) is 4.79 Å². The van der Waals surface area contributed by atoms with E-state index < -0.39 is 35.6 Å². The molecule has 1 heterocycles. The molecular formula is C14H16N2O9. The predicted molar refractivity (Wildman–Crippen MR) is 80.2 cm³/mol. The van der Waals surface area contributed by atoms with Gasteiger partial charge in [0.2, 0.25) is 5.91 Å². The minimum atomic E-state index is -1.23. The van der Waals surface area contributed by atoms with Gasteiger partial charge >= 0.3 is 17.9 Å². The summed E-state index contributed by atoms with van der Waals surface area (Å²) < 4.78 is 0. The fraction of sp³-hybridized carbons (Fsp3) is 0.286. The highest BCUT2D eigenvalue weighted by Crippen LogP contribution is 2.03. The van der Waals surface area contributed by atoms with Gasteiger partial charge in [-0.1, -0.05) is 0 Å². The molecule has 0 aromatic carbocycles. The van der Waals surface area contributed by atoms with Crippen LogP contribution in [0.5, 0.6) is 0 Å². The number of carboxylic acid groups (broad SMARTS) is 3. The molecule has 0 radical (unpaired) electrons. The first kappa shape index (κ1) is 21.5. The number of nitrogens with zero attached hydrogens (tertiary/aromatic N) is 1. The van der Waals surface area contributed by atoms with Crippen LogP contribution in [0.1, 0.15) is 12.8 Å². The van der Waals surface area contributed by atoms with E-state index in [-0.39, 0.29) is 25.9 Å². The summed E-state index contributed by atoms with van der Waals surface area (Å²) in [4.78, 5) is 63.2. The second kappa shape index (κ2) is 11.1. The monoisotopic (exact) mass is 356 g/mol. The minimum absolute atomic E-state index is 0.0157. The van der Waals surface area contributed by atoms with Crippen molar-refractivity contribution in [1.82, 2.24) is 10.2 Å². The summed E-state index contributed by atoms with van der Waals surface area (Å²) in [6, 6.07) is 0. The number of carbonyl (C=O) groups is 6. The molecule has 1 rings (SSSR count). The van der Waals surface area contributed by atoms with Crippen molar-refractivity contribution in [1.29, 1.82) is 0 Å². The Labute approximate surface area is 141 Å². The van der Waals surface area contributed by atoms with Crippen LogP contribution in [-0.2, 0) is 28.8 Å². The lowest BCUT2D eigenvalue weighted by atomic mass is 10.4. The number of amides is 3. The molecule has 0 aliphatic carbocycles. The van der Waals surface area contributed by atoms with Crippen LogP contribution in [0.25, 0.3) is 0 Å². The van der Waals surface area contributed by atoms with E-state index in [9.17, 15) is 28.8 Å². The molecule has 136 valence electrons. The summed E-state index contributed by atoms with van der Waals surface area (Å²) in [7, 11) is 0. The van der Waals surface area contributed by atoms with E-state index in [1.807, 2.05) is 0 Å². The molecule has 4 N–H and O–H groups in total. The van der Waals surface area contributed by atoms with Crippen LogP contribution in [-0.4, -0.2) is 68.9 Å². The Morgan fingerprint density at radius 3 is 1.88 bits per heavy atom. The highest BCUT2D eigenvalue weighted by molar-refractivity contribution is 6.12. The van der Waals surface area contributed by atoms with E-state index in [1.165, 1.54) is 0 Å². The maximum absolute atomic E-state index is 10.8. The summed E-state index contributed by atoms with van der Waals surface area (Å²) in [5, 5.41) is 26.8. The number of nitrogens with one attached hydrogen (secondary N) is 1. The zero-order chi connectivity index (χ0) is 19.4. The Morgan fingerprint density at radius 2 is 1.44 bits per heavy atom. The van der Waals surface area contributed by atoms with E-state index in [0.29, 0.717) is 6.08 Å². The van der Waals surface area contributed by atoms with E-state index >= 15 is 0 Å². The Bertz CT molecular complexity index is 604. The number of hydrogen-bond acceptors (Lipinski definition) is 6. The van der Waals surface area contributed by atoms with E-state index in [4.69, 9.17) is 15.3 Å². The molecule has 0 atom stereocenters. The fourth-order valence-electron chi connectivity index (χ4n) is 1.36. The van der Waals surface area contributed by atoms with Crippen LogP contribution in [0.2, 0.25) is 0 Å². The molecule has 0 aromatic rings. The first-order valence-electron chi connectivity index (χ1n) is 6.79. The van der Waals surface area contributed by atoms with Gasteiger partial charge in [-0.2, -0.15) is 0 Å². The molecule has 1 aliphatic rings. The smallest absolute Gasteiger partial charge is 0.328 e. The van der Waals surface area contributed by atoms with E-state index in [1.54, 1.807) is 0 Å². The lowest BCUT2D eigenvalue weighted by Gasteiger charge is -2.10. The summed E-state index contributed by atoms with van der Waals surface area (Å²) in [6.45, 7) is -0.0713. The van der Waals surface area contributed by atoms with Gasteiger partial charge in [0.1, 0.15) is 0 Å². The van der Waals surface area contributed by atoms with Crippen molar-refractivity contribution >= 4 is 35.6 Å². The van der Waals surface area contributed by atoms with Gasteiger partial charge in [-0.3, -0.25) is 28.9 Å². The second-order valence-electron chi connectivity index (χ2n) is 4.41. The van der Waals surface area contributed by atoms with Crippen molar-refractivity contribution in [3.63, 3.8) is 0 Å². The number of imide groups is 1. The summed E-state index contributed by atoms with van der Waals surface area (Å²) in [5.74, 6) is -4.79. The third-order valence-corrected chi connectivity index (χ3v) is 2.47. The molecular weight excluding hydrogens is 340 g/mol. The number of aliphatic carboxylic acids is 3. The fourth-order valence-corrected chi connectivity index (χ4v) is 1.36. The molecule has 11 nitrogen and oxygen atoms in total. The largest absolute Gasteiger partial charge is 0.481 e. The van der Waals surface area contributed by atoms with Crippen molar-refractivity contribution in [3.05, 3.63) is 24.3 Å². The Kier molecular flexibility index (Phi) is 9.55. The van der Waals surface area contributed by atoms with Gasteiger partial charge in [0, 0.05) is 37.4 Å². The first-order chi connectivity index (χ1) is 11.6. The Hall–Kier alpha value is -3.50. The highest BCUT2D eigenvalue weighted by atomic mass is 16.4. The molecule has 11 heteroatoms. The lowest BCUT2D eigenvalue weighted by Crippen LogP contribution is -2.31. The SMILES string of the molecule is O=C(O)/C=C\C(=O)NCCC(=O)O.O=C(O)CCN1C(=O)C=CC1=O. The lowest BCUT2D eigenvalue weighted by molar-refractivity contribution is -0.141. The van der Waals surface area contributed by atoms with Crippen LogP contribution < -0.4 is 5.32 Å². The topological polar surface area (TPSA) is 178 Å². The molecule has 0 spiro atoms. The normalized spacial score (nSPS) is 12.7. The Balaban J connectivity index is 0.000000462. The third-order valence-electron chi connectivity index (χ3n) is 2.47. The maximum atomic E-state index is 10.8. The molecule has 0 aromatic heterocycles. The standard InChI is InChI=1S/C7H9NO5.C7H7NO4/c9-5(1-2-6(10)11)8-4-3-7(12)13;9-5-1-2-6(10)8(5)4-3-7(11)12/h1-2H,3-4H2,(H,8,9)(H,10,11)(H,12,13);1-2H,3-4H2,(H,11,12)/b2-1-;. The summed E-state index contributed by atoms with van der Waals surface area (Å²) in [5.41, 5.74) is 0. The van der Waals surface area contributed by atoms with Gasteiger partial charge in [0.05, 0.1) is 12.8 Å². The maximum Gasteiger partial charge on any atom is 0.328 e. The van der Waals surface area contributed by atoms with Crippen molar-refractivity contribution in [2.75, 3.05) is 13.1 Å². The third kappa shape index (κ3) is 10.8. The zero-order valence-corrected chi connectivity index (χ0v) is 12.9. The van der Waals surface area contributed by atoms with Gasteiger partial charge in [0.25, 0.3) is 11.8 Å². The molecule has 3 amide bonds. The first-order valence-corrected chi connectivity index (χ1v) is 6.79. The van der Waals surface area contributed by atoms with E-state index in [0.717, 1.165) is 23.1 Å². The molecule has 0 saturated heterocycles. The molecule has 0 fully saturated rings. The number of carbonyl (C=O) groups excluding carboxylic acids is 3. The number of hydrogen-bond donors (Lipinski definition) is 4. The minimum Gasteiger partial charge on any atom is -0.481 e. The average Bonchev–Trinajstić information content (AvgIpc) is 2.82. The molecule has 0 bridgehead atoms. The molecule has 0 saturated carbocycles. The predicted octanol–water partition coefficient (Wildman–Crippen LogP) is -1.40. The van der Waals surface area contributed by atoms with Gasteiger partial charge in [0.15, 0.2) is 0 Å². The number of rotatable bonds is 8.